The van der Waals surface area contributed by atoms with Gasteiger partial charge in [-0.2, -0.15) is 5.26 Å². The number of hydrogen-bond donors (Lipinski definition) is 0. The highest BCUT2D eigenvalue weighted by Gasteiger charge is 2.70. The van der Waals surface area contributed by atoms with E-state index in [1.54, 1.807) is 33.3 Å². The second-order valence-electron chi connectivity index (χ2n) is 14.5. The fraction of sp³-hybridized carbons (Fsp3) is 0.419. The molecule has 0 aromatic heterocycles. The summed E-state index contributed by atoms with van der Waals surface area (Å²) in [6.45, 7) is 9.62. The van der Waals surface area contributed by atoms with E-state index < -0.39 is 36.6 Å². The van der Waals surface area contributed by atoms with Crippen LogP contribution in [0.1, 0.15) is 68.0 Å². The third-order valence-electron chi connectivity index (χ3n) is 10.5. The van der Waals surface area contributed by atoms with Gasteiger partial charge in [0.05, 0.1) is 46.5 Å². The number of ether oxygens (including phenoxy) is 5. The first-order valence-corrected chi connectivity index (χ1v) is 20.0. The molecule has 2 aliphatic rings. The van der Waals surface area contributed by atoms with Gasteiger partial charge < -0.3 is 28.2 Å². The van der Waals surface area contributed by atoms with E-state index in [-0.39, 0.29) is 44.1 Å². The van der Waals surface area contributed by atoms with Crippen LogP contribution in [-0.4, -0.2) is 68.2 Å². The van der Waals surface area contributed by atoms with Crippen LogP contribution in [0, 0.1) is 24.1 Å². The van der Waals surface area contributed by atoms with Crippen LogP contribution >= 0.6 is 7.52 Å². The maximum absolute atomic E-state index is 16.0. The minimum absolute atomic E-state index is 0.0319. The molecule has 0 saturated carbocycles. The van der Waals surface area contributed by atoms with Crippen molar-refractivity contribution >= 4 is 7.52 Å². The largest absolute Gasteiger partial charge is 0.497 e. The van der Waals surface area contributed by atoms with Gasteiger partial charge in [-0.3, -0.25) is 4.57 Å². The Morgan fingerprint density at radius 1 is 0.907 bits per heavy atom. The van der Waals surface area contributed by atoms with Crippen LogP contribution in [0.3, 0.4) is 0 Å². The lowest BCUT2D eigenvalue weighted by atomic mass is 9.79. The summed E-state index contributed by atoms with van der Waals surface area (Å²) >= 11 is 0. The van der Waals surface area contributed by atoms with Gasteiger partial charge in [-0.1, -0.05) is 66.7 Å². The van der Waals surface area contributed by atoms with Crippen LogP contribution in [0.2, 0.25) is 0 Å². The molecule has 9 nitrogen and oxygen atoms in total. The van der Waals surface area contributed by atoms with Crippen molar-refractivity contribution in [1.82, 2.24) is 4.67 Å². The quantitative estimate of drug-likeness (QED) is 0.0630. The SMILES string of the molecule is COc1ccc(C(OC[C@@]23CO[C@H]([C@H](c4ccc(F)c(C)c4)O2)[C@@H]3P(=O)(OCCC#N)N(C(C)C)C(C)C)(c2ccccc2)c2ccc(OC)cc2)cc1. The Morgan fingerprint density at radius 2 is 1.48 bits per heavy atom. The van der Waals surface area contributed by atoms with E-state index in [0.29, 0.717) is 22.6 Å². The van der Waals surface area contributed by atoms with Crippen LogP contribution < -0.4 is 9.47 Å². The number of halogens is 1. The Bertz CT molecular complexity index is 1910. The van der Waals surface area contributed by atoms with E-state index in [4.69, 9.17) is 28.2 Å². The molecule has 11 heteroatoms. The van der Waals surface area contributed by atoms with Crippen molar-refractivity contribution in [2.45, 2.75) is 82.2 Å². The first-order chi connectivity index (χ1) is 25.9. The molecule has 2 bridgehead atoms. The normalized spacial score (nSPS) is 22.1. The van der Waals surface area contributed by atoms with Crippen LogP contribution in [0.25, 0.3) is 0 Å². The van der Waals surface area contributed by atoms with Crippen LogP contribution in [0.15, 0.2) is 97.1 Å². The zero-order valence-electron chi connectivity index (χ0n) is 32.0. The summed E-state index contributed by atoms with van der Waals surface area (Å²) in [7, 11) is -0.637. The first-order valence-electron chi connectivity index (χ1n) is 18.4. The smallest absolute Gasteiger partial charge is 0.281 e. The molecule has 2 fully saturated rings. The Hall–Kier alpha value is -4.07. The summed E-state index contributed by atoms with van der Waals surface area (Å²) in [5.74, 6) is 1.05. The molecule has 0 radical (unpaired) electrons. The average molecular weight is 757 g/mol. The minimum atomic E-state index is -3.89. The van der Waals surface area contributed by atoms with Gasteiger partial charge in [0.25, 0.3) is 7.52 Å². The van der Waals surface area contributed by atoms with E-state index >= 15 is 4.57 Å². The van der Waals surface area contributed by atoms with Gasteiger partial charge in [0.2, 0.25) is 0 Å². The average Bonchev–Trinajstić information content (AvgIpc) is 3.71. The fourth-order valence-corrected chi connectivity index (χ4v) is 11.8. The van der Waals surface area contributed by atoms with Gasteiger partial charge in [-0.05, 0) is 92.8 Å². The molecule has 0 N–H and O–H groups in total. The molecule has 5 atom stereocenters. The molecular formula is C43H50FN2O7P. The van der Waals surface area contributed by atoms with E-state index in [1.807, 2.05) is 111 Å². The van der Waals surface area contributed by atoms with Gasteiger partial charge in [0.15, 0.2) is 0 Å². The summed E-state index contributed by atoms with van der Waals surface area (Å²) in [5, 5.41) is 9.51. The van der Waals surface area contributed by atoms with Gasteiger partial charge >= 0.3 is 0 Å². The number of benzene rings is 4. The van der Waals surface area contributed by atoms with Gasteiger partial charge in [0.1, 0.15) is 46.4 Å². The van der Waals surface area contributed by atoms with Gasteiger partial charge in [0, 0.05) is 12.1 Å². The van der Waals surface area contributed by atoms with Crippen molar-refractivity contribution < 1.29 is 37.2 Å². The summed E-state index contributed by atoms with van der Waals surface area (Å²) in [6, 6.07) is 32.1. The lowest BCUT2D eigenvalue weighted by Gasteiger charge is -2.44. The predicted molar refractivity (Wildman–Crippen MR) is 205 cm³/mol. The third-order valence-corrected chi connectivity index (χ3v) is 14.1. The van der Waals surface area contributed by atoms with E-state index in [1.165, 1.54) is 6.07 Å². The molecule has 2 saturated heterocycles. The molecule has 1 unspecified atom stereocenters. The number of aryl methyl sites for hydroxylation is 1. The molecule has 2 heterocycles. The number of nitriles is 1. The second-order valence-corrected chi connectivity index (χ2v) is 16.9. The monoisotopic (exact) mass is 756 g/mol. The molecule has 6 rings (SSSR count). The maximum atomic E-state index is 16.0. The second kappa shape index (κ2) is 16.3. The highest BCUT2D eigenvalue weighted by atomic mass is 31.2. The van der Waals surface area contributed by atoms with Crippen molar-refractivity contribution in [2.75, 3.05) is 34.0 Å². The van der Waals surface area contributed by atoms with E-state index in [2.05, 4.69) is 6.07 Å². The number of nitrogens with zero attached hydrogens (tertiary/aromatic N) is 2. The lowest BCUT2D eigenvalue weighted by Crippen LogP contribution is -2.51. The summed E-state index contributed by atoms with van der Waals surface area (Å²) in [4.78, 5) is 0. The lowest BCUT2D eigenvalue weighted by molar-refractivity contribution is -0.179. The zero-order valence-corrected chi connectivity index (χ0v) is 32.9. The summed E-state index contributed by atoms with van der Waals surface area (Å²) < 4.78 is 71.2. The molecular weight excluding hydrogens is 706 g/mol. The maximum Gasteiger partial charge on any atom is 0.281 e. The Morgan fingerprint density at radius 3 is 2.00 bits per heavy atom. The standard InChI is InChI=1S/C43H50FN2O7P/c1-29(2)46(30(3)4)54(47,52-25-11-24-45)41-40-39(32-14-23-38(44)31(5)26-32)53-42(41,27-50-40)28-51-43(33-12-9-8-10-13-33,34-15-19-36(48-6)20-16-34)35-17-21-37(49-7)22-18-35/h8-10,12-23,26,29-30,39-41H,11,25,27-28H2,1-7H3/t39-,40+,41-,42+,54?/m0/s1. The van der Waals surface area contributed by atoms with E-state index in [0.717, 1.165) is 16.7 Å². The first kappa shape index (κ1) is 39.6. The van der Waals surface area contributed by atoms with Crippen LogP contribution in [0.5, 0.6) is 11.5 Å². The van der Waals surface area contributed by atoms with Crippen LogP contribution in [0.4, 0.5) is 4.39 Å². The Kier molecular flexibility index (Phi) is 12.0. The number of rotatable bonds is 16. The summed E-state index contributed by atoms with van der Waals surface area (Å²) in [5.41, 5.74) is 0.345. The predicted octanol–water partition coefficient (Wildman–Crippen LogP) is 8.98. The molecule has 4 aromatic rings. The molecule has 4 aromatic carbocycles. The molecule has 2 aliphatic heterocycles. The van der Waals surface area contributed by atoms with Crippen molar-refractivity contribution in [1.29, 1.82) is 5.26 Å². The third kappa shape index (κ3) is 7.22. The molecule has 54 heavy (non-hydrogen) atoms. The highest BCUT2D eigenvalue weighted by molar-refractivity contribution is 7.57. The number of fused-ring (bicyclic) bond motifs is 2. The molecule has 0 aliphatic carbocycles. The number of methoxy groups -OCH3 is 2. The van der Waals surface area contributed by atoms with Crippen molar-refractivity contribution in [3.05, 3.63) is 131 Å². The van der Waals surface area contributed by atoms with Gasteiger partial charge in [-0.15, -0.1) is 0 Å². The fourth-order valence-electron chi connectivity index (χ4n) is 8.19. The topological polar surface area (TPSA) is 99.5 Å². The highest BCUT2D eigenvalue weighted by Crippen LogP contribution is 2.69. The van der Waals surface area contributed by atoms with Crippen molar-refractivity contribution in [2.24, 2.45) is 0 Å². The molecule has 286 valence electrons. The summed E-state index contributed by atoms with van der Waals surface area (Å²) in [6.07, 6.45) is -1.36. The Balaban J connectivity index is 1.55. The van der Waals surface area contributed by atoms with Crippen molar-refractivity contribution in [3.8, 4) is 17.6 Å². The number of hydrogen-bond acceptors (Lipinski definition) is 8. The molecule has 0 spiro atoms. The van der Waals surface area contributed by atoms with E-state index in [9.17, 15) is 9.65 Å². The van der Waals surface area contributed by atoms with Crippen LogP contribution in [-0.2, 0) is 28.9 Å². The molecule has 0 amide bonds. The van der Waals surface area contributed by atoms with Gasteiger partial charge in [-0.25, -0.2) is 9.06 Å². The Labute approximate surface area is 318 Å². The minimum Gasteiger partial charge on any atom is -0.497 e. The zero-order chi connectivity index (χ0) is 38.7. The van der Waals surface area contributed by atoms with Crippen molar-refractivity contribution in [3.63, 3.8) is 0 Å².